The summed E-state index contributed by atoms with van der Waals surface area (Å²) in [6.45, 7) is 8.87. The van der Waals surface area contributed by atoms with Crippen molar-refractivity contribution in [2.75, 3.05) is 13.1 Å². The summed E-state index contributed by atoms with van der Waals surface area (Å²) in [6, 6.07) is 0.324. The predicted octanol–water partition coefficient (Wildman–Crippen LogP) is 1.99. The summed E-state index contributed by atoms with van der Waals surface area (Å²) < 4.78 is 0. The van der Waals surface area contributed by atoms with Crippen LogP contribution in [0.25, 0.3) is 0 Å². The molecule has 0 fully saturated rings. The predicted molar refractivity (Wildman–Crippen MR) is 74.1 cm³/mol. The maximum Gasteiger partial charge on any atom is 0.233 e. The Hall–Kier alpha value is -0.900. The minimum Gasteiger partial charge on any atom is -0.355 e. The number of ketones is 1. The highest BCUT2D eigenvalue weighted by atomic mass is 16.2. The van der Waals surface area contributed by atoms with Gasteiger partial charge in [-0.1, -0.05) is 27.7 Å². The SMILES string of the molecule is CC(C)NCC(=O)NCCCCC(=O)C(C)C.[HH].[HH]. The van der Waals surface area contributed by atoms with Crippen LogP contribution in [0.5, 0.6) is 0 Å². The normalized spacial score (nSPS) is 10.9. The van der Waals surface area contributed by atoms with E-state index in [1.807, 2.05) is 27.7 Å². The van der Waals surface area contributed by atoms with Crippen molar-refractivity contribution in [3.05, 3.63) is 0 Å². The quantitative estimate of drug-likeness (QED) is 0.612. The summed E-state index contributed by atoms with van der Waals surface area (Å²) >= 11 is 0. The van der Waals surface area contributed by atoms with Crippen LogP contribution >= 0.6 is 0 Å². The van der Waals surface area contributed by atoms with Gasteiger partial charge in [0.25, 0.3) is 0 Å². The number of nitrogens with one attached hydrogen (secondary N) is 2. The molecule has 4 heteroatoms. The van der Waals surface area contributed by atoms with Crippen LogP contribution in [0.4, 0.5) is 0 Å². The van der Waals surface area contributed by atoms with Gasteiger partial charge < -0.3 is 10.6 Å². The lowest BCUT2D eigenvalue weighted by Crippen LogP contribution is -2.37. The second-order valence-electron chi connectivity index (χ2n) is 4.96. The molecule has 1 amide bonds. The van der Waals surface area contributed by atoms with Gasteiger partial charge in [0, 0.05) is 27.8 Å². The molecule has 2 N–H and O–H groups in total. The second kappa shape index (κ2) is 9.16. The van der Waals surface area contributed by atoms with Crippen molar-refractivity contribution in [3.63, 3.8) is 0 Å². The van der Waals surface area contributed by atoms with Crippen molar-refractivity contribution in [2.24, 2.45) is 5.92 Å². The molecule has 0 aromatic heterocycles. The summed E-state index contributed by atoms with van der Waals surface area (Å²) in [5.74, 6) is 0.450. The van der Waals surface area contributed by atoms with E-state index in [-0.39, 0.29) is 14.7 Å². The Labute approximate surface area is 108 Å². The summed E-state index contributed by atoms with van der Waals surface area (Å²) in [5.41, 5.74) is 0. The van der Waals surface area contributed by atoms with Gasteiger partial charge in [0.1, 0.15) is 5.78 Å². The molecule has 0 atom stereocenters. The van der Waals surface area contributed by atoms with Crippen LogP contribution in [-0.4, -0.2) is 30.8 Å². The van der Waals surface area contributed by atoms with E-state index in [0.717, 1.165) is 12.8 Å². The van der Waals surface area contributed by atoms with Gasteiger partial charge in [0.05, 0.1) is 6.54 Å². The van der Waals surface area contributed by atoms with Crippen molar-refractivity contribution in [3.8, 4) is 0 Å². The van der Waals surface area contributed by atoms with E-state index in [2.05, 4.69) is 10.6 Å². The Morgan fingerprint density at radius 2 is 1.76 bits per heavy atom. The Balaban J connectivity index is -0.00000128. The molecule has 0 heterocycles. The lowest BCUT2D eigenvalue weighted by molar-refractivity contribution is -0.122. The van der Waals surface area contributed by atoms with Gasteiger partial charge >= 0.3 is 0 Å². The third-order valence-electron chi connectivity index (χ3n) is 2.49. The molecule has 0 aliphatic heterocycles. The first-order valence-electron chi connectivity index (χ1n) is 6.46. The first-order valence-corrected chi connectivity index (χ1v) is 6.46. The van der Waals surface area contributed by atoms with Gasteiger partial charge in [-0.05, 0) is 12.8 Å². The molecule has 0 saturated carbocycles. The number of Topliss-reactive ketones (excluding diaryl/α,β-unsaturated/α-hetero) is 1. The fourth-order valence-corrected chi connectivity index (χ4v) is 1.30. The summed E-state index contributed by atoms with van der Waals surface area (Å²) in [7, 11) is 0. The van der Waals surface area contributed by atoms with E-state index in [1.54, 1.807) is 0 Å². The zero-order chi connectivity index (χ0) is 13.3. The highest BCUT2D eigenvalue weighted by molar-refractivity contribution is 5.80. The number of carbonyl (C=O) groups is 2. The zero-order valence-corrected chi connectivity index (χ0v) is 11.5. The molecule has 0 spiro atoms. The molecule has 17 heavy (non-hydrogen) atoms. The van der Waals surface area contributed by atoms with Crippen molar-refractivity contribution in [1.29, 1.82) is 0 Å². The molecule has 0 aliphatic carbocycles. The van der Waals surface area contributed by atoms with E-state index in [4.69, 9.17) is 0 Å². The van der Waals surface area contributed by atoms with Gasteiger partial charge in [-0.3, -0.25) is 9.59 Å². The Bertz CT molecular complexity index is 247. The number of hydrogen-bond acceptors (Lipinski definition) is 3. The van der Waals surface area contributed by atoms with Crippen LogP contribution in [-0.2, 0) is 9.59 Å². The van der Waals surface area contributed by atoms with Gasteiger partial charge in [-0.15, -0.1) is 0 Å². The van der Waals surface area contributed by atoms with Crippen LogP contribution in [0.15, 0.2) is 0 Å². The smallest absolute Gasteiger partial charge is 0.233 e. The monoisotopic (exact) mass is 246 g/mol. The average Bonchev–Trinajstić information content (AvgIpc) is 2.25. The minimum absolute atomic E-state index is 0. The third-order valence-corrected chi connectivity index (χ3v) is 2.49. The number of carbonyl (C=O) groups excluding carboxylic acids is 2. The van der Waals surface area contributed by atoms with E-state index >= 15 is 0 Å². The van der Waals surface area contributed by atoms with Gasteiger partial charge in [-0.25, -0.2) is 0 Å². The number of unbranched alkanes of at least 4 members (excludes halogenated alkanes) is 1. The minimum atomic E-state index is 0. The van der Waals surface area contributed by atoms with Crippen molar-refractivity contribution in [1.82, 2.24) is 10.6 Å². The molecule has 0 unspecified atom stereocenters. The molecule has 4 nitrogen and oxygen atoms in total. The van der Waals surface area contributed by atoms with E-state index in [0.29, 0.717) is 31.3 Å². The zero-order valence-electron chi connectivity index (χ0n) is 11.5. The van der Waals surface area contributed by atoms with Crippen LogP contribution in [0.3, 0.4) is 0 Å². The fourth-order valence-electron chi connectivity index (χ4n) is 1.30. The first-order chi connectivity index (χ1) is 7.93. The van der Waals surface area contributed by atoms with Crippen LogP contribution in [0.2, 0.25) is 0 Å². The largest absolute Gasteiger partial charge is 0.355 e. The molecule has 0 bridgehead atoms. The number of amides is 1. The van der Waals surface area contributed by atoms with E-state index in [9.17, 15) is 9.59 Å². The Morgan fingerprint density at radius 3 is 2.29 bits per heavy atom. The third kappa shape index (κ3) is 10.00. The van der Waals surface area contributed by atoms with E-state index < -0.39 is 0 Å². The highest BCUT2D eigenvalue weighted by Crippen LogP contribution is 2.03. The number of hydrogen-bond donors (Lipinski definition) is 2. The van der Waals surface area contributed by atoms with Crippen LogP contribution in [0, 0.1) is 5.92 Å². The summed E-state index contributed by atoms with van der Waals surface area (Å²) in [4.78, 5) is 22.6. The lowest BCUT2D eigenvalue weighted by atomic mass is 10.0. The Kier molecular flexibility index (Phi) is 8.68. The molecule has 0 aliphatic rings. The van der Waals surface area contributed by atoms with Crippen molar-refractivity contribution < 1.29 is 12.4 Å². The molecule has 0 aromatic carbocycles. The van der Waals surface area contributed by atoms with Crippen molar-refractivity contribution >= 4 is 11.7 Å². The van der Waals surface area contributed by atoms with E-state index in [1.165, 1.54) is 0 Å². The molecule has 0 rings (SSSR count). The summed E-state index contributed by atoms with van der Waals surface area (Å²) in [6.07, 6.45) is 2.35. The standard InChI is InChI=1S/C13H26N2O2.2H2/c1-10(2)12(16)7-5-6-8-14-13(17)9-15-11(3)4;;/h10-11,15H,5-9H2,1-4H3,(H,14,17);2*1H. The molecule has 104 valence electrons. The van der Waals surface area contributed by atoms with Crippen LogP contribution in [0.1, 0.15) is 49.8 Å². The molecular weight excluding hydrogens is 216 g/mol. The molecule has 0 saturated heterocycles. The van der Waals surface area contributed by atoms with Gasteiger partial charge in [-0.2, -0.15) is 0 Å². The second-order valence-corrected chi connectivity index (χ2v) is 4.96. The maximum atomic E-state index is 11.3. The first kappa shape index (κ1) is 16.1. The molecular formula is C13H30N2O2. The fraction of sp³-hybridized carbons (Fsp3) is 0.846. The molecule has 0 aromatic rings. The Morgan fingerprint density at radius 1 is 1.12 bits per heavy atom. The lowest BCUT2D eigenvalue weighted by Gasteiger charge is -2.09. The van der Waals surface area contributed by atoms with Crippen molar-refractivity contribution in [2.45, 2.75) is 53.0 Å². The average molecular weight is 246 g/mol. The number of rotatable bonds is 9. The van der Waals surface area contributed by atoms with Gasteiger partial charge in [0.15, 0.2) is 0 Å². The summed E-state index contributed by atoms with van der Waals surface area (Å²) in [5, 5.41) is 5.88. The van der Waals surface area contributed by atoms with Gasteiger partial charge in [0.2, 0.25) is 5.91 Å². The maximum absolute atomic E-state index is 11.3. The molecule has 0 radical (unpaired) electrons. The topological polar surface area (TPSA) is 58.2 Å². The highest BCUT2D eigenvalue weighted by Gasteiger charge is 2.06. The van der Waals surface area contributed by atoms with Crippen LogP contribution < -0.4 is 10.6 Å².